The summed E-state index contributed by atoms with van der Waals surface area (Å²) in [5, 5.41) is 13.2. The van der Waals surface area contributed by atoms with Crippen molar-refractivity contribution >= 4 is 11.3 Å². The van der Waals surface area contributed by atoms with Gasteiger partial charge in [0, 0.05) is 5.38 Å². The highest BCUT2D eigenvalue weighted by Crippen LogP contribution is 2.21. The van der Waals surface area contributed by atoms with Gasteiger partial charge in [0.2, 0.25) is 5.89 Å². The second kappa shape index (κ2) is 5.18. The fourth-order valence-electron chi connectivity index (χ4n) is 1.45. The average Bonchev–Trinajstić information content (AvgIpc) is 2.95. The van der Waals surface area contributed by atoms with E-state index in [0.29, 0.717) is 11.8 Å². The Morgan fingerprint density at radius 3 is 2.94 bits per heavy atom. The lowest BCUT2D eigenvalue weighted by atomic mass is 10.2. The number of hydrogen-bond acceptors (Lipinski definition) is 6. The van der Waals surface area contributed by atoms with Gasteiger partial charge in [-0.1, -0.05) is 13.8 Å². The van der Waals surface area contributed by atoms with Crippen molar-refractivity contribution in [2.75, 3.05) is 6.54 Å². The summed E-state index contributed by atoms with van der Waals surface area (Å²) < 4.78 is 5.59. The van der Waals surface area contributed by atoms with Crippen LogP contribution in [0.5, 0.6) is 0 Å². The molecule has 5 nitrogen and oxygen atoms in total. The molecule has 1 N–H and O–H groups in total. The number of aromatic nitrogens is 3. The zero-order chi connectivity index (χ0) is 11.4. The van der Waals surface area contributed by atoms with Gasteiger partial charge in [0.05, 0.1) is 11.6 Å². The first-order valence-corrected chi connectivity index (χ1v) is 6.24. The zero-order valence-corrected chi connectivity index (χ0v) is 10.1. The molecule has 1 unspecified atom stereocenters. The SMILES string of the molecule is CCNC(CC)c1nnc(-c2cscn2)o1. The Balaban J connectivity index is 2.18. The Labute approximate surface area is 97.9 Å². The predicted octanol–water partition coefficient (Wildman–Crippen LogP) is 2.25. The molecule has 0 spiro atoms. The van der Waals surface area contributed by atoms with Crippen molar-refractivity contribution in [3.63, 3.8) is 0 Å². The van der Waals surface area contributed by atoms with E-state index in [2.05, 4.69) is 34.3 Å². The summed E-state index contributed by atoms with van der Waals surface area (Å²) >= 11 is 1.51. The van der Waals surface area contributed by atoms with Gasteiger partial charge < -0.3 is 9.73 Å². The van der Waals surface area contributed by atoms with E-state index in [0.717, 1.165) is 18.7 Å². The lowest BCUT2D eigenvalue weighted by Gasteiger charge is -2.09. The summed E-state index contributed by atoms with van der Waals surface area (Å²) in [5.74, 6) is 1.12. The van der Waals surface area contributed by atoms with Crippen LogP contribution in [0.1, 0.15) is 32.2 Å². The molecule has 0 amide bonds. The Morgan fingerprint density at radius 1 is 1.44 bits per heavy atom. The standard InChI is InChI=1S/C10H14N4OS/c1-3-7(11-4-2)9-13-14-10(15-9)8-5-16-6-12-8/h5-7,11H,3-4H2,1-2H3. The average molecular weight is 238 g/mol. The van der Waals surface area contributed by atoms with E-state index >= 15 is 0 Å². The summed E-state index contributed by atoms with van der Waals surface area (Å²) in [5.41, 5.74) is 2.50. The fourth-order valence-corrected chi connectivity index (χ4v) is 1.98. The lowest BCUT2D eigenvalue weighted by Crippen LogP contribution is -2.20. The fraction of sp³-hybridized carbons (Fsp3) is 0.500. The maximum atomic E-state index is 5.59. The van der Waals surface area contributed by atoms with Gasteiger partial charge >= 0.3 is 0 Å². The molecule has 2 rings (SSSR count). The highest BCUT2D eigenvalue weighted by atomic mass is 32.1. The molecular weight excluding hydrogens is 224 g/mol. The molecule has 2 heterocycles. The van der Waals surface area contributed by atoms with Gasteiger partial charge in [0.25, 0.3) is 5.89 Å². The lowest BCUT2D eigenvalue weighted by molar-refractivity contribution is 0.401. The predicted molar refractivity (Wildman–Crippen MR) is 62.1 cm³/mol. The number of rotatable bonds is 5. The van der Waals surface area contributed by atoms with Gasteiger partial charge in [-0.05, 0) is 13.0 Å². The second-order valence-electron chi connectivity index (χ2n) is 3.34. The van der Waals surface area contributed by atoms with Crippen molar-refractivity contribution in [1.29, 1.82) is 0 Å². The molecule has 1 atom stereocenters. The van der Waals surface area contributed by atoms with Gasteiger partial charge in [-0.2, -0.15) is 0 Å². The molecule has 86 valence electrons. The van der Waals surface area contributed by atoms with E-state index in [4.69, 9.17) is 4.42 Å². The molecule has 2 aromatic rings. The monoisotopic (exact) mass is 238 g/mol. The quantitative estimate of drug-likeness (QED) is 0.865. The first-order chi connectivity index (χ1) is 7.85. The van der Waals surface area contributed by atoms with Crippen LogP contribution in [0.15, 0.2) is 15.3 Å². The third kappa shape index (κ3) is 2.28. The molecule has 16 heavy (non-hydrogen) atoms. The Morgan fingerprint density at radius 2 is 2.31 bits per heavy atom. The normalized spacial score (nSPS) is 12.9. The van der Waals surface area contributed by atoms with E-state index in [1.807, 2.05) is 5.38 Å². The van der Waals surface area contributed by atoms with E-state index in [-0.39, 0.29) is 6.04 Å². The van der Waals surface area contributed by atoms with Gasteiger partial charge in [-0.3, -0.25) is 0 Å². The van der Waals surface area contributed by atoms with Crippen LogP contribution in [-0.2, 0) is 0 Å². The highest BCUT2D eigenvalue weighted by Gasteiger charge is 2.17. The van der Waals surface area contributed by atoms with Crippen molar-refractivity contribution < 1.29 is 4.42 Å². The van der Waals surface area contributed by atoms with Crippen molar-refractivity contribution in [3.8, 4) is 11.6 Å². The maximum absolute atomic E-state index is 5.59. The third-order valence-corrected chi connectivity index (χ3v) is 2.84. The largest absolute Gasteiger partial charge is 0.418 e. The van der Waals surface area contributed by atoms with Crippen LogP contribution in [0.25, 0.3) is 11.6 Å². The van der Waals surface area contributed by atoms with Crippen LogP contribution in [0.3, 0.4) is 0 Å². The number of nitrogens with zero attached hydrogens (tertiary/aromatic N) is 3. The van der Waals surface area contributed by atoms with Crippen LogP contribution in [0.2, 0.25) is 0 Å². The van der Waals surface area contributed by atoms with E-state index in [1.165, 1.54) is 11.3 Å². The number of nitrogens with one attached hydrogen (secondary N) is 1. The minimum atomic E-state index is 0.130. The van der Waals surface area contributed by atoms with Crippen LogP contribution in [-0.4, -0.2) is 21.7 Å². The van der Waals surface area contributed by atoms with Gasteiger partial charge in [0.15, 0.2) is 0 Å². The minimum absolute atomic E-state index is 0.130. The maximum Gasteiger partial charge on any atom is 0.267 e. The number of hydrogen-bond donors (Lipinski definition) is 1. The Kier molecular flexibility index (Phi) is 3.63. The molecule has 0 aliphatic carbocycles. The third-order valence-electron chi connectivity index (χ3n) is 2.25. The topological polar surface area (TPSA) is 63.8 Å². The first-order valence-electron chi connectivity index (χ1n) is 5.30. The van der Waals surface area contributed by atoms with E-state index < -0.39 is 0 Å². The highest BCUT2D eigenvalue weighted by molar-refractivity contribution is 7.07. The number of thiazole rings is 1. The smallest absolute Gasteiger partial charge is 0.267 e. The minimum Gasteiger partial charge on any atom is -0.418 e. The van der Waals surface area contributed by atoms with Crippen molar-refractivity contribution in [2.45, 2.75) is 26.3 Å². The van der Waals surface area contributed by atoms with Crippen LogP contribution < -0.4 is 5.32 Å². The molecule has 0 aromatic carbocycles. The Hall–Kier alpha value is -1.27. The van der Waals surface area contributed by atoms with Gasteiger partial charge in [-0.15, -0.1) is 21.5 Å². The molecule has 0 radical (unpaired) electrons. The first kappa shape index (κ1) is 11.2. The summed E-state index contributed by atoms with van der Waals surface area (Å²) in [6, 6.07) is 0.130. The van der Waals surface area contributed by atoms with Crippen LogP contribution in [0.4, 0.5) is 0 Å². The molecule has 0 saturated carbocycles. The molecule has 6 heteroatoms. The summed E-state index contributed by atoms with van der Waals surface area (Å²) in [6.45, 7) is 5.02. The molecule has 0 aliphatic rings. The van der Waals surface area contributed by atoms with E-state index in [1.54, 1.807) is 5.51 Å². The second-order valence-corrected chi connectivity index (χ2v) is 4.06. The summed E-state index contributed by atoms with van der Waals surface area (Å²) in [6.07, 6.45) is 0.923. The summed E-state index contributed by atoms with van der Waals surface area (Å²) in [7, 11) is 0. The molecule has 0 fully saturated rings. The van der Waals surface area contributed by atoms with Crippen LogP contribution >= 0.6 is 11.3 Å². The van der Waals surface area contributed by atoms with Gasteiger partial charge in [-0.25, -0.2) is 4.98 Å². The van der Waals surface area contributed by atoms with Gasteiger partial charge in [0.1, 0.15) is 5.69 Å². The van der Waals surface area contributed by atoms with Crippen molar-refractivity contribution in [3.05, 3.63) is 16.8 Å². The Bertz CT molecular complexity index is 426. The molecule has 0 aliphatic heterocycles. The molecule has 2 aromatic heterocycles. The van der Waals surface area contributed by atoms with E-state index in [9.17, 15) is 0 Å². The molecule has 0 bridgehead atoms. The zero-order valence-electron chi connectivity index (χ0n) is 9.30. The molecular formula is C10H14N4OS. The van der Waals surface area contributed by atoms with Crippen LogP contribution in [0, 0.1) is 0 Å². The summed E-state index contributed by atoms with van der Waals surface area (Å²) in [4.78, 5) is 4.13. The van der Waals surface area contributed by atoms with Crippen molar-refractivity contribution in [1.82, 2.24) is 20.5 Å². The van der Waals surface area contributed by atoms with Crippen molar-refractivity contribution in [2.24, 2.45) is 0 Å². The molecule has 0 saturated heterocycles.